The maximum atomic E-state index is 12.1. The van der Waals surface area contributed by atoms with E-state index in [0.29, 0.717) is 12.8 Å². The molecule has 1 aliphatic carbocycles. The molecule has 2 rings (SSSR count). The molecule has 1 heterocycles. The van der Waals surface area contributed by atoms with E-state index >= 15 is 0 Å². The smallest absolute Gasteiger partial charge is 0.310 e. The van der Waals surface area contributed by atoms with Crippen molar-refractivity contribution in [2.24, 2.45) is 5.41 Å². The topological polar surface area (TPSA) is 79.3 Å². The van der Waals surface area contributed by atoms with Crippen molar-refractivity contribution >= 4 is 11.9 Å². The number of aromatic nitrogens is 1. The van der Waals surface area contributed by atoms with Crippen molar-refractivity contribution in [3.8, 4) is 0 Å². The lowest BCUT2D eigenvalue weighted by atomic mass is 9.82. The third-order valence-corrected chi connectivity index (χ3v) is 4.02. The molecule has 1 atom stereocenters. The van der Waals surface area contributed by atoms with Crippen LogP contribution in [0.1, 0.15) is 50.8 Å². The van der Waals surface area contributed by atoms with Crippen LogP contribution < -0.4 is 5.32 Å². The first-order valence-corrected chi connectivity index (χ1v) is 6.97. The van der Waals surface area contributed by atoms with Gasteiger partial charge >= 0.3 is 5.97 Å². The number of carbonyl (C=O) groups is 2. The van der Waals surface area contributed by atoms with E-state index in [1.54, 1.807) is 6.20 Å². The Morgan fingerprint density at radius 3 is 2.65 bits per heavy atom. The summed E-state index contributed by atoms with van der Waals surface area (Å²) in [5.41, 5.74) is -0.0925. The summed E-state index contributed by atoms with van der Waals surface area (Å²) in [5, 5.41) is 12.2. The maximum absolute atomic E-state index is 12.1. The number of carboxylic acids is 1. The van der Waals surface area contributed by atoms with Crippen LogP contribution in [0.25, 0.3) is 0 Å². The van der Waals surface area contributed by atoms with Gasteiger partial charge in [0, 0.05) is 12.6 Å². The molecule has 1 amide bonds. The van der Waals surface area contributed by atoms with Gasteiger partial charge < -0.3 is 10.4 Å². The first kappa shape index (κ1) is 14.5. The zero-order chi connectivity index (χ0) is 14.6. The molecule has 0 unspecified atom stereocenters. The molecular formula is C15H20N2O3. The molecule has 5 nitrogen and oxygen atoms in total. The summed E-state index contributed by atoms with van der Waals surface area (Å²) in [6, 6.07) is 5.31. The number of pyridine rings is 1. The van der Waals surface area contributed by atoms with Crippen LogP contribution in [0, 0.1) is 5.41 Å². The Morgan fingerprint density at radius 1 is 1.40 bits per heavy atom. The number of hydrogen-bond acceptors (Lipinski definition) is 3. The third kappa shape index (κ3) is 3.15. The first-order valence-electron chi connectivity index (χ1n) is 6.97. The van der Waals surface area contributed by atoms with Gasteiger partial charge in [0.2, 0.25) is 5.91 Å². The van der Waals surface area contributed by atoms with Gasteiger partial charge in [-0.1, -0.05) is 18.9 Å². The summed E-state index contributed by atoms with van der Waals surface area (Å²) < 4.78 is 0. The number of amides is 1. The quantitative estimate of drug-likeness (QED) is 0.864. The Hall–Kier alpha value is -1.91. The third-order valence-electron chi connectivity index (χ3n) is 4.02. The van der Waals surface area contributed by atoms with Crippen LogP contribution in [0.15, 0.2) is 24.4 Å². The molecule has 0 aliphatic heterocycles. The second-order valence-corrected chi connectivity index (χ2v) is 5.51. The van der Waals surface area contributed by atoms with Crippen LogP contribution in [0.5, 0.6) is 0 Å². The fraction of sp³-hybridized carbons (Fsp3) is 0.533. The average Bonchev–Trinajstić information content (AvgIpc) is 2.89. The van der Waals surface area contributed by atoms with Gasteiger partial charge in [0.05, 0.1) is 17.2 Å². The number of nitrogens with one attached hydrogen (secondary N) is 1. The predicted molar refractivity (Wildman–Crippen MR) is 73.9 cm³/mol. The minimum Gasteiger partial charge on any atom is -0.481 e. The molecule has 0 aromatic carbocycles. The Balaban J connectivity index is 1.97. The summed E-state index contributed by atoms with van der Waals surface area (Å²) >= 11 is 0. The summed E-state index contributed by atoms with van der Waals surface area (Å²) in [4.78, 5) is 27.7. The van der Waals surface area contributed by atoms with E-state index < -0.39 is 11.4 Å². The monoisotopic (exact) mass is 276 g/mol. The van der Waals surface area contributed by atoms with E-state index in [0.717, 1.165) is 18.5 Å². The Kier molecular flexibility index (Phi) is 4.37. The number of hydrogen-bond donors (Lipinski definition) is 2. The molecule has 5 heteroatoms. The molecule has 0 radical (unpaired) electrons. The minimum atomic E-state index is -0.867. The maximum Gasteiger partial charge on any atom is 0.310 e. The van der Waals surface area contributed by atoms with E-state index in [1.807, 2.05) is 25.1 Å². The van der Waals surface area contributed by atoms with E-state index in [9.17, 15) is 14.7 Å². The molecule has 108 valence electrons. The standard InChI is InChI=1S/C15H20N2O3/c1-11(12-6-2-5-9-16-12)17-13(18)10-15(14(19)20)7-3-4-8-15/h2,5-6,9,11H,3-4,7-8,10H2,1H3,(H,17,18)(H,19,20)/t11-/m0/s1. The van der Waals surface area contributed by atoms with Crippen molar-refractivity contribution in [3.05, 3.63) is 30.1 Å². The first-order chi connectivity index (χ1) is 9.53. The summed E-state index contributed by atoms with van der Waals surface area (Å²) in [7, 11) is 0. The SMILES string of the molecule is C[C@H](NC(=O)CC1(C(=O)O)CCCC1)c1ccccn1. The zero-order valence-electron chi connectivity index (χ0n) is 11.6. The average molecular weight is 276 g/mol. The largest absolute Gasteiger partial charge is 0.481 e. The molecule has 2 N–H and O–H groups in total. The lowest BCUT2D eigenvalue weighted by Crippen LogP contribution is -2.36. The zero-order valence-corrected chi connectivity index (χ0v) is 11.6. The summed E-state index contributed by atoms with van der Waals surface area (Å²) in [5.74, 6) is -1.07. The molecule has 1 aliphatic rings. The molecule has 1 aromatic heterocycles. The van der Waals surface area contributed by atoms with Crippen LogP contribution in [-0.4, -0.2) is 22.0 Å². The van der Waals surface area contributed by atoms with E-state index in [4.69, 9.17) is 0 Å². The molecule has 1 aromatic rings. The Bertz CT molecular complexity index is 481. The van der Waals surface area contributed by atoms with Crippen LogP contribution in [-0.2, 0) is 9.59 Å². The minimum absolute atomic E-state index is 0.0551. The second-order valence-electron chi connectivity index (χ2n) is 5.51. The van der Waals surface area contributed by atoms with Crippen LogP contribution in [0.3, 0.4) is 0 Å². The highest BCUT2D eigenvalue weighted by molar-refractivity contribution is 5.85. The predicted octanol–water partition coefficient (Wildman–Crippen LogP) is 2.29. The van der Waals surface area contributed by atoms with Gasteiger partial charge in [0.1, 0.15) is 0 Å². The van der Waals surface area contributed by atoms with E-state index in [-0.39, 0.29) is 18.4 Å². The summed E-state index contributed by atoms with van der Waals surface area (Å²) in [6.45, 7) is 1.85. The van der Waals surface area contributed by atoms with Gasteiger partial charge in [-0.2, -0.15) is 0 Å². The van der Waals surface area contributed by atoms with Crippen molar-refractivity contribution in [3.63, 3.8) is 0 Å². The normalized spacial score (nSPS) is 18.4. The van der Waals surface area contributed by atoms with Gasteiger partial charge in [0.15, 0.2) is 0 Å². The molecule has 1 fully saturated rings. The molecular weight excluding hydrogens is 256 g/mol. The highest BCUT2D eigenvalue weighted by Crippen LogP contribution is 2.41. The number of carbonyl (C=O) groups excluding carboxylic acids is 1. The van der Waals surface area contributed by atoms with Gasteiger partial charge in [-0.25, -0.2) is 0 Å². The van der Waals surface area contributed by atoms with Gasteiger partial charge in [-0.15, -0.1) is 0 Å². The highest BCUT2D eigenvalue weighted by atomic mass is 16.4. The Morgan fingerprint density at radius 2 is 2.10 bits per heavy atom. The number of nitrogens with zero attached hydrogens (tertiary/aromatic N) is 1. The lowest BCUT2D eigenvalue weighted by molar-refractivity contribution is -0.151. The number of rotatable bonds is 5. The van der Waals surface area contributed by atoms with Crippen molar-refractivity contribution < 1.29 is 14.7 Å². The number of carboxylic acid groups (broad SMARTS) is 1. The summed E-state index contributed by atoms with van der Waals surface area (Å²) in [6.07, 6.45) is 4.68. The lowest BCUT2D eigenvalue weighted by Gasteiger charge is -2.24. The molecule has 1 saturated carbocycles. The fourth-order valence-electron chi connectivity index (χ4n) is 2.82. The van der Waals surface area contributed by atoms with E-state index in [2.05, 4.69) is 10.3 Å². The van der Waals surface area contributed by atoms with Crippen molar-refractivity contribution in [1.82, 2.24) is 10.3 Å². The van der Waals surface area contributed by atoms with Gasteiger partial charge in [0.25, 0.3) is 0 Å². The Labute approximate surface area is 118 Å². The van der Waals surface area contributed by atoms with Gasteiger partial charge in [-0.05, 0) is 31.9 Å². The molecule has 0 bridgehead atoms. The van der Waals surface area contributed by atoms with Crippen molar-refractivity contribution in [2.45, 2.75) is 45.1 Å². The van der Waals surface area contributed by atoms with Crippen LogP contribution in [0.4, 0.5) is 0 Å². The molecule has 0 spiro atoms. The molecule has 20 heavy (non-hydrogen) atoms. The van der Waals surface area contributed by atoms with Crippen molar-refractivity contribution in [1.29, 1.82) is 0 Å². The second kappa shape index (κ2) is 6.03. The highest BCUT2D eigenvalue weighted by Gasteiger charge is 2.43. The van der Waals surface area contributed by atoms with Crippen LogP contribution in [0.2, 0.25) is 0 Å². The van der Waals surface area contributed by atoms with Crippen LogP contribution >= 0.6 is 0 Å². The fourth-order valence-corrected chi connectivity index (χ4v) is 2.82. The van der Waals surface area contributed by atoms with Crippen molar-refractivity contribution in [2.75, 3.05) is 0 Å². The van der Waals surface area contributed by atoms with E-state index in [1.165, 1.54) is 0 Å². The van der Waals surface area contributed by atoms with Gasteiger partial charge in [-0.3, -0.25) is 14.6 Å². The molecule has 0 saturated heterocycles. The number of aliphatic carboxylic acids is 1.